The Kier molecular flexibility index (Phi) is 2.68. The molecule has 1 unspecified atom stereocenters. The molecule has 0 aliphatic carbocycles. The number of thiol groups is 1. The predicted octanol–water partition coefficient (Wildman–Crippen LogP) is 1.03. The van der Waals surface area contributed by atoms with Gasteiger partial charge in [0.1, 0.15) is 6.61 Å². The Bertz CT molecular complexity index is 356. The number of fused-ring (bicyclic) bond motifs is 1. The number of ether oxygens (including phenoxy) is 1. The molecule has 5 heteroatoms. The molecular formula is C10H17N3OS. The fourth-order valence-electron chi connectivity index (χ4n) is 1.69. The standard InChI is InChI=1S/C10H17N3OS/c1-10(2,15)8-4-12-13-5-7(11-3)6-14-9(8)13/h4,7,11,15H,5-6H2,1-3H3. The van der Waals surface area contributed by atoms with Gasteiger partial charge in [0.2, 0.25) is 5.88 Å². The quantitative estimate of drug-likeness (QED) is 0.741. The van der Waals surface area contributed by atoms with Crippen molar-refractivity contribution in [3.8, 4) is 5.88 Å². The Morgan fingerprint density at radius 2 is 2.40 bits per heavy atom. The third-order valence-corrected chi connectivity index (χ3v) is 2.91. The van der Waals surface area contributed by atoms with E-state index in [1.54, 1.807) is 0 Å². The maximum absolute atomic E-state index is 5.71. The van der Waals surface area contributed by atoms with E-state index in [2.05, 4.69) is 23.0 Å². The van der Waals surface area contributed by atoms with Crippen molar-refractivity contribution in [3.63, 3.8) is 0 Å². The molecule has 1 N–H and O–H groups in total. The van der Waals surface area contributed by atoms with Crippen molar-refractivity contribution < 1.29 is 4.74 Å². The lowest BCUT2D eigenvalue weighted by molar-refractivity contribution is 0.186. The van der Waals surface area contributed by atoms with E-state index in [0.717, 1.165) is 18.0 Å². The van der Waals surface area contributed by atoms with Crippen LogP contribution in [-0.2, 0) is 11.3 Å². The van der Waals surface area contributed by atoms with Crippen molar-refractivity contribution in [3.05, 3.63) is 11.8 Å². The number of likely N-dealkylation sites (N-methyl/N-ethyl adjacent to an activating group) is 1. The first-order valence-electron chi connectivity index (χ1n) is 5.11. The van der Waals surface area contributed by atoms with Gasteiger partial charge in [-0.3, -0.25) is 0 Å². The monoisotopic (exact) mass is 227 g/mol. The topological polar surface area (TPSA) is 39.1 Å². The van der Waals surface area contributed by atoms with Crippen LogP contribution in [0.1, 0.15) is 19.4 Å². The number of hydrogen-bond acceptors (Lipinski definition) is 4. The van der Waals surface area contributed by atoms with E-state index >= 15 is 0 Å². The molecule has 2 heterocycles. The summed E-state index contributed by atoms with van der Waals surface area (Å²) in [6.07, 6.45) is 1.85. The van der Waals surface area contributed by atoms with Gasteiger partial charge in [-0.15, -0.1) is 0 Å². The second kappa shape index (κ2) is 3.72. The first-order chi connectivity index (χ1) is 7.02. The lowest BCUT2D eigenvalue weighted by atomic mass is 10.1. The van der Waals surface area contributed by atoms with Crippen molar-refractivity contribution in [2.24, 2.45) is 0 Å². The molecule has 84 valence electrons. The van der Waals surface area contributed by atoms with Gasteiger partial charge < -0.3 is 10.1 Å². The van der Waals surface area contributed by atoms with E-state index in [1.807, 2.05) is 31.8 Å². The second-order valence-corrected chi connectivity index (χ2v) is 5.52. The Balaban J connectivity index is 2.30. The lowest BCUT2D eigenvalue weighted by Gasteiger charge is -2.26. The maximum atomic E-state index is 5.71. The highest BCUT2D eigenvalue weighted by atomic mass is 32.1. The van der Waals surface area contributed by atoms with Crippen LogP contribution in [0.15, 0.2) is 6.20 Å². The van der Waals surface area contributed by atoms with Crippen LogP contribution in [0.5, 0.6) is 5.88 Å². The third-order valence-electron chi connectivity index (χ3n) is 2.67. The van der Waals surface area contributed by atoms with Gasteiger partial charge in [0, 0.05) is 10.3 Å². The summed E-state index contributed by atoms with van der Waals surface area (Å²) >= 11 is 4.54. The normalized spacial score (nSPS) is 20.9. The summed E-state index contributed by atoms with van der Waals surface area (Å²) in [5.41, 5.74) is 1.06. The number of nitrogens with one attached hydrogen (secondary N) is 1. The maximum Gasteiger partial charge on any atom is 0.216 e. The summed E-state index contributed by atoms with van der Waals surface area (Å²) in [4.78, 5) is 0. The minimum atomic E-state index is -0.208. The number of hydrogen-bond donors (Lipinski definition) is 2. The van der Waals surface area contributed by atoms with E-state index in [9.17, 15) is 0 Å². The summed E-state index contributed by atoms with van der Waals surface area (Å²) < 4.78 is 7.41. The second-order valence-electron chi connectivity index (χ2n) is 4.40. The van der Waals surface area contributed by atoms with Gasteiger partial charge >= 0.3 is 0 Å². The van der Waals surface area contributed by atoms with Crippen LogP contribution in [0.2, 0.25) is 0 Å². The molecule has 0 saturated carbocycles. The molecular weight excluding hydrogens is 210 g/mol. The highest BCUT2D eigenvalue weighted by Crippen LogP contribution is 2.35. The molecule has 1 aromatic rings. The molecule has 4 nitrogen and oxygen atoms in total. The summed E-state index contributed by atoms with van der Waals surface area (Å²) in [7, 11) is 1.94. The van der Waals surface area contributed by atoms with Gasteiger partial charge in [-0.25, -0.2) is 4.68 Å². The lowest BCUT2D eigenvalue weighted by Crippen LogP contribution is -2.40. The molecule has 2 rings (SSSR count). The van der Waals surface area contributed by atoms with Gasteiger partial charge in [0.05, 0.1) is 18.8 Å². The molecule has 0 spiro atoms. The predicted molar refractivity (Wildman–Crippen MR) is 62.6 cm³/mol. The molecule has 1 aliphatic rings. The zero-order valence-electron chi connectivity index (χ0n) is 9.32. The highest BCUT2D eigenvalue weighted by molar-refractivity contribution is 7.81. The van der Waals surface area contributed by atoms with E-state index in [0.29, 0.717) is 12.6 Å². The number of nitrogens with zero attached hydrogens (tertiary/aromatic N) is 2. The minimum absolute atomic E-state index is 0.208. The van der Waals surface area contributed by atoms with Crippen molar-refractivity contribution in [1.82, 2.24) is 15.1 Å². The van der Waals surface area contributed by atoms with Gasteiger partial charge in [-0.1, -0.05) is 0 Å². The van der Waals surface area contributed by atoms with E-state index in [-0.39, 0.29) is 4.75 Å². The molecule has 0 aromatic carbocycles. The number of rotatable bonds is 2. The molecule has 0 bridgehead atoms. The molecule has 1 aliphatic heterocycles. The van der Waals surface area contributed by atoms with Gasteiger partial charge in [-0.2, -0.15) is 17.7 Å². The van der Waals surface area contributed by atoms with Gasteiger partial charge in [0.25, 0.3) is 0 Å². The molecule has 0 radical (unpaired) electrons. The fraction of sp³-hybridized carbons (Fsp3) is 0.700. The Morgan fingerprint density at radius 3 is 3.00 bits per heavy atom. The summed E-state index contributed by atoms with van der Waals surface area (Å²) in [5.74, 6) is 0.863. The van der Waals surface area contributed by atoms with Crippen LogP contribution in [0.4, 0.5) is 0 Å². The number of aromatic nitrogens is 2. The first-order valence-corrected chi connectivity index (χ1v) is 5.56. The average molecular weight is 227 g/mol. The van der Waals surface area contributed by atoms with E-state index < -0.39 is 0 Å². The molecule has 1 atom stereocenters. The first kappa shape index (κ1) is 10.8. The average Bonchev–Trinajstić information content (AvgIpc) is 2.59. The summed E-state index contributed by atoms with van der Waals surface area (Å²) in [5, 5.41) is 7.51. The molecule has 15 heavy (non-hydrogen) atoms. The molecule has 0 fully saturated rings. The Hall–Kier alpha value is -0.680. The van der Waals surface area contributed by atoms with Crippen LogP contribution < -0.4 is 10.1 Å². The fourth-order valence-corrected chi connectivity index (χ4v) is 1.85. The Morgan fingerprint density at radius 1 is 1.67 bits per heavy atom. The summed E-state index contributed by atoms with van der Waals surface area (Å²) in [6.45, 7) is 5.64. The van der Waals surface area contributed by atoms with Gasteiger partial charge in [-0.05, 0) is 20.9 Å². The van der Waals surface area contributed by atoms with Crippen molar-refractivity contribution in [2.45, 2.75) is 31.2 Å². The highest BCUT2D eigenvalue weighted by Gasteiger charge is 2.28. The molecule has 0 amide bonds. The van der Waals surface area contributed by atoms with E-state index in [1.165, 1.54) is 0 Å². The van der Waals surface area contributed by atoms with Crippen molar-refractivity contribution >= 4 is 12.6 Å². The van der Waals surface area contributed by atoms with Crippen molar-refractivity contribution in [2.75, 3.05) is 13.7 Å². The third kappa shape index (κ3) is 1.99. The van der Waals surface area contributed by atoms with Crippen LogP contribution in [0.3, 0.4) is 0 Å². The molecule has 1 aromatic heterocycles. The van der Waals surface area contributed by atoms with Crippen molar-refractivity contribution in [1.29, 1.82) is 0 Å². The van der Waals surface area contributed by atoms with E-state index in [4.69, 9.17) is 4.74 Å². The van der Waals surface area contributed by atoms with Crippen LogP contribution in [0, 0.1) is 0 Å². The van der Waals surface area contributed by atoms with Gasteiger partial charge in [0.15, 0.2) is 0 Å². The van der Waals surface area contributed by atoms with Crippen LogP contribution in [0.25, 0.3) is 0 Å². The summed E-state index contributed by atoms with van der Waals surface area (Å²) in [6, 6.07) is 0.341. The van der Waals surface area contributed by atoms with Crippen LogP contribution in [-0.4, -0.2) is 29.5 Å². The largest absolute Gasteiger partial charge is 0.476 e. The Labute approximate surface area is 95.4 Å². The minimum Gasteiger partial charge on any atom is -0.476 e. The smallest absolute Gasteiger partial charge is 0.216 e. The zero-order valence-corrected chi connectivity index (χ0v) is 10.2. The molecule has 0 saturated heterocycles. The SMILES string of the molecule is CNC1COc2c(C(C)(C)S)cnn2C1. The van der Waals surface area contributed by atoms with Crippen LogP contribution >= 0.6 is 12.6 Å². The zero-order chi connectivity index (χ0) is 11.1.